The summed E-state index contributed by atoms with van der Waals surface area (Å²) < 4.78 is 27.4. The molecule has 110 valence electrons. The maximum Gasteiger partial charge on any atom is 0.322 e. The molecular formula is C10H19N3O5S. The van der Waals surface area contributed by atoms with E-state index in [2.05, 4.69) is 10.0 Å². The molecule has 1 unspecified atom stereocenters. The Balaban J connectivity index is 2.46. The van der Waals surface area contributed by atoms with Gasteiger partial charge in [-0.15, -0.1) is 0 Å². The highest BCUT2D eigenvalue weighted by Crippen LogP contribution is 2.18. The summed E-state index contributed by atoms with van der Waals surface area (Å²) in [5, 5.41) is 10.5. The van der Waals surface area contributed by atoms with Gasteiger partial charge in [0.25, 0.3) is 10.2 Å². The van der Waals surface area contributed by atoms with Crippen LogP contribution < -0.4 is 10.0 Å². The summed E-state index contributed by atoms with van der Waals surface area (Å²) in [5.74, 6) is -1.85. The molecule has 1 rings (SSSR count). The van der Waals surface area contributed by atoms with Crippen molar-refractivity contribution < 1.29 is 23.1 Å². The summed E-state index contributed by atoms with van der Waals surface area (Å²) in [6.07, 6.45) is 2.59. The molecule has 0 aromatic carbocycles. The number of aliphatic carboxylic acids is 1. The topological polar surface area (TPSA) is 116 Å². The van der Waals surface area contributed by atoms with E-state index >= 15 is 0 Å². The van der Waals surface area contributed by atoms with E-state index in [1.807, 2.05) is 6.92 Å². The van der Waals surface area contributed by atoms with Crippen LogP contribution in [-0.4, -0.2) is 55.4 Å². The van der Waals surface area contributed by atoms with Gasteiger partial charge in [0.2, 0.25) is 5.91 Å². The number of rotatable bonds is 6. The predicted octanol–water partition coefficient (Wildman–Crippen LogP) is -1.10. The zero-order valence-corrected chi connectivity index (χ0v) is 11.6. The minimum Gasteiger partial charge on any atom is -0.480 e. The average molecular weight is 293 g/mol. The molecule has 0 aromatic heterocycles. The van der Waals surface area contributed by atoms with Crippen LogP contribution in [0.5, 0.6) is 0 Å². The minimum atomic E-state index is -3.69. The number of nitrogens with zero attached hydrogens (tertiary/aromatic N) is 1. The van der Waals surface area contributed by atoms with Crippen LogP contribution in [0.15, 0.2) is 0 Å². The first-order valence-electron chi connectivity index (χ1n) is 6.08. The first kappa shape index (κ1) is 15.9. The zero-order valence-electron chi connectivity index (χ0n) is 10.8. The molecule has 8 nitrogen and oxygen atoms in total. The Labute approximate surface area is 112 Å². The first-order chi connectivity index (χ1) is 8.83. The Morgan fingerprint density at radius 3 is 2.58 bits per heavy atom. The second kappa shape index (κ2) is 6.83. The van der Waals surface area contributed by atoms with Gasteiger partial charge in [-0.2, -0.15) is 17.4 Å². The Kier molecular flexibility index (Phi) is 5.70. The first-order valence-corrected chi connectivity index (χ1v) is 7.52. The van der Waals surface area contributed by atoms with Crippen molar-refractivity contribution in [2.75, 3.05) is 19.6 Å². The molecule has 1 amide bonds. The van der Waals surface area contributed by atoms with Crippen molar-refractivity contribution >= 4 is 22.1 Å². The summed E-state index contributed by atoms with van der Waals surface area (Å²) in [6.45, 7) is 1.27. The number of carboxylic acid groups (broad SMARTS) is 1. The lowest BCUT2D eigenvalue weighted by Crippen LogP contribution is -2.50. The van der Waals surface area contributed by atoms with Crippen LogP contribution in [0.1, 0.15) is 26.2 Å². The normalized spacial score (nSPS) is 21.0. The van der Waals surface area contributed by atoms with Crippen molar-refractivity contribution in [3.05, 3.63) is 0 Å². The third kappa shape index (κ3) is 5.13. The number of carboxylic acids is 1. The molecule has 19 heavy (non-hydrogen) atoms. The van der Waals surface area contributed by atoms with Gasteiger partial charge in [0.05, 0.1) is 6.54 Å². The van der Waals surface area contributed by atoms with E-state index in [9.17, 15) is 18.0 Å². The molecule has 1 aliphatic rings. The van der Waals surface area contributed by atoms with Crippen LogP contribution in [0.4, 0.5) is 0 Å². The highest BCUT2D eigenvalue weighted by molar-refractivity contribution is 7.87. The number of carbonyl (C=O) groups excluding carboxylic acids is 1. The molecule has 0 aromatic rings. The van der Waals surface area contributed by atoms with Crippen molar-refractivity contribution in [2.24, 2.45) is 0 Å². The van der Waals surface area contributed by atoms with Gasteiger partial charge >= 0.3 is 5.97 Å². The summed E-state index contributed by atoms with van der Waals surface area (Å²) >= 11 is 0. The van der Waals surface area contributed by atoms with E-state index in [-0.39, 0.29) is 6.04 Å². The van der Waals surface area contributed by atoms with Gasteiger partial charge in [0, 0.05) is 12.6 Å². The number of carbonyl (C=O) groups is 2. The lowest BCUT2D eigenvalue weighted by atomic mass is 10.1. The number of piperidine rings is 1. The highest BCUT2D eigenvalue weighted by Gasteiger charge is 2.29. The fourth-order valence-electron chi connectivity index (χ4n) is 1.91. The molecule has 1 saturated heterocycles. The molecule has 1 atom stereocenters. The summed E-state index contributed by atoms with van der Waals surface area (Å²) in [6, 6.07) is -0.0895. The van der Waals surface area contributed by atoms with Crippen molar-refractivity contribution in [3.8, 4) is 0 Å². The molecule has 0 aliphatic carbocycles. The van der Waals surface area contributed by atoms with Crippen LogP contribution >= 0.6 is 0 Å². The smallest absolute Gasteiger partial charge is 0.322 e. The molecule has 1 aliphatic heterocycles. The van der Waals surface area contributed by atoms with Crippen molar-refractivity contribution in [1.82, 2.24) is 14.3 Å². The van der Waals surface area contributed by atoms with Gasteiger partial charge < -0.3 is 10.4 Å². The van der Waals surface area contributed by atoms with E-state index in [4.69, 9.17) is 5.11 Å². The molecule has 9 heteroatoms. The van der Waals surface area contributed by atoms with E-state index in [0.29, 0.717) is 6.54 Å². The van der Waals surface area contributed by atoms with E-state index in [0.717, 1.165) is 19.3 Å². The van der Waals surface area contributed by atoms with Crippen molar-refractivity contribution in [3.63, 3.8) is 0 Å². The van der Waals surface area contributed by atoms with Gasteiger partial charge in [-0.1, -0.05) is 6.42 Å². The SMILES string of the molecule is CC1CCCCN1S(=O)(=O)NCC(=O)NCC(=O)O. The quantitative estimate of drug-likeness (QED) is 0.574. The monoisotopic (exact) mass is 293 g/mol. The summed E-state index contributed by atoms with van der Waals surface area (Å²) in [5.41, 5.74) is 0. The molecule has 1 fully saturated rings. The van der Waals surface area contributed by atoms with Crippen molar-refractivity contribution in [2.45, 2.75) is 32.2 Å². The van der Waals surface area contributed by atoms with E-state index in [1.54, 1.807) is 0 Å². The largest absolute Gasteiger partial charge is 0.480 e. The summed E-state index contributed by atoms with van der Waals surface area (Å²) in [7, 11) is -3.69. The minimum absolute atomic E-state index is 0.0895. The third-order valence-corrected chi connectivity index (χ3v) is 4.57. The zero-order chi connectivity index (χ0) is 14.5. The number of amides is 1. The standard InChI is InChI=1S/C10H19N3O5S/c1-8-4-2-3-5-13(8)19(17,18)12-6-9(14)11-7-10(15)16/h8,12H,2-7H2,1H3,(H,11,14)(H,15,16). The van der Waals surface area contributed by atoms with Crippen LogP contribution in [0.25, 0.3) is 0 Å². The van der Waals surface area contributed by atoms with Gasteiger partial charge in [0.1, 0.15) is 6.54 Å². The van der Waals surface area contributed by atoms with Gasteiger partial charge in [0.15, 0.2) is 0 Å². The number of hydrogen-bond acceptors (Lipinski definition) is 4. The van der Waals surface area contributed by atoms with Crippen molar-refractivity contribution in [1.29, 1.82) is 0 Å². The van der Waals surface area contributed by atoms with Crippen LogP contribution in [0.2, 0.25) is 0 Å². The van der Waals surface area contributed by atoms with Gasteiger partial charge in [-0.3, -0.25) is 9.59 Å². The maximum atomic E-state index is 12.0. The molecule has 0 saturated carbocycles. The Hall–Kier alpha value is -1.19. The van der Waals surface area contributed by atoms with Gasteiger partial charge in [-0.25, -0.2) is 0 Å². The fraction of sp³-hybridized carbons (Fsp3) is 0.800. The number of nitrogens with one attached hydrogen (secondary N) is 2. The molecule has 3 N–H and O–H groups in total. The second-order valence-corrected chi connectivity index (χ2v) is 6.16. The average Bonchev–Trinajstić information content (AvgIpc) is 2.34. The third-order valence-electron chi connectivity index (χ3n) is 2.90. The summed E-state index contributed by atoms with van der Waals surface area (Å²) in [4.78, 5) is 21.5. The molecule has 0 spiro atoms. The second-order valence-electron chi connectivity index (χ2n) is 4.45. The lowest BCUT2D eigenvalue weighted by Gasteiger charge is -2.32. The van der Waals surface area contributed by atoms with E-state index < -0.39 is 35.2 Å². The fourth-order valence-corrected chi connectivity index (χ4v) is 3.33. The lowest BCUT2D eigenvalue weighted by molar-refractivity contribution is -0.137. The molecular weight excluding hydrogens is 274 g/mol. The Morgan fingerprint density at radius 1 is 1.32 bits per heavy atom. The Morgan fingerprint density at radius 2 is 2.00 bits per heavy atom. The van der Waals surface area contributed by atoms with Crippen LogP contribution in [0.3, 0.4) is 0 Å². The molecule has 0 radical (unpaired) electrons. The predicted molar refractivity (Wildman–Crippen MR) is 67.6 cm³/mol. The maximum absolute atomic E-state index is 12.0. The molecule has 0 bridgehead atoms. The van der Waals surface area contributed by atoms with Crippen LogP contribution in [0, 0.1) is 0 Å². The number of hydrogen-bond donors (Lipinski definition) is 3. The van der Waals surface area contributed by atoms with Crippen LogP contribution in [-0.2, 0) is 19.8 Å². The Bertz CT molecular complexity index is 436. The van der Waals surface area contributed by atoms with E-state index in [1.165, 1.54) is 4.31 Å². The highest BCUT2D eigenvalue weighted by atomic mass is 32.2. The van der Waals surface area contributed by atoms with Gasteiger partial charge in [-0.05, 0) is 19.8 Å². The molecule has 1 heterocycles.